The quantitative estimate of drug-likeness (QED) is 0.917. The molecule has 0 saturated heterocycles. The Morgan fingerprint density at radius 3 is 2.89 bits per heavy atom. The molecule has 0 amide bonds. The summed E-state index contributed by atoms with van der Waals surface area (Å²) in [6.45, 7) is 2.49. The number of benzene rings is 1. The first kappa shape index (κ1) is 13.1. The number of nitrogens with zero attached hydrogens (tertiary/aromatic N) is 3. The van der Waals surface area contributed by atoms with Crippen LogP contribution in [-0.2, 0) is 20.0 Å². The zero-order valence-corrected chi connectivity index (χ0v) is 10.9. The number of nitrogens with one attached hydrogen (secondary N) is 1. The van der Waals surface area contributed by atoms with E-state index in [0.717, 1.165) is 23.4 Å². The largest absolute Gasteiger partial charge is 0.378 e. The number of anilines is 1. The van der Waals surface area contributed by atoms with Gasteiger partial charge in [-0.2, -0.15) is 10.4 Å². The van der Waals surface area contributed by atoms with Gasteiger partial charge in [-0.3, -0.25) is 4.68 Å². The number of hydrogen-bond donors (Lipinski definition) is 1. The van der Waals surface area contributed by atoms with Gasteiger partial charge >= 0.3 is 0 Å². The first-order valence-electron chi connectivity index (χ1n) is 6.08. The molecule has 0 atom stereocenters. The summed E-state index contributed by atoms with van der Waals surface area (Å²) in [6, 6.07) is 6.28. The Bertz CT molecular complexity index is 625. The van der Waals surface area contributed by atoms with Gasteiger partial charge in [-0.15, -0.1) is 0 Å². The highest BCUT2D eigenvalue weighted by Gasteiger charge is 2.06. The highest BCUT2D eigenvalue weighted by Crippen LogP contribution is 2.16. The Hall–Kier alpha value is -2.35. The van der Waals surface area contributed by atoms with E-state index in [1.807, 2.05) is 26.2 Å². The molecule has 1 N–H and O–H groups in total. The van der Waals surface area contributed by atoms with Crippen LogP contribution < -0.4 is 5.32 Å². The van der Waals surface area contributed by atoms with Crippen LogP contribution in [0.25, 0.3) is 0 Å². The summed E-state index contributed by atoms with van der Waals surface area (Å²) in [7, 11) is 1.86. The van der Waals surface area contributed by atoms with Gasteiger partial charge in [-0.05, 0) is 30.2 Å². The van der Waals surface area contributed by atoms with E-state index in [9.17, 15) is 4.39 Å². The normalized spacial score (nSPS) is 10.2. The number of aryl methyl sites for hydroxylation is 2. The van der Waals surface area contributed by atoms with Gasteiger partial charge in [0.05, 0.1) is 23.0 Å². The van der Waals surface area contributed by atoms with E-state index in [2.05, 4.69) is 10.4 Å². The van der Waals surface area contributed by atoms with Crippen molar-refractivity contribution in [2.24, 2.45) is 7.05 Å². The molecule has 0 aliphatic heterocycles. The maximum Gasteiger partial charge on any atom is 0.124 e. The molecule has 0 radical (unpaired) electrons. The molecule has 19 heavy (non-hydrogen) atoms. The molecule has 2 aromatic rings. The Morgan fingerprint density at radius 2 is 2.21 bits per heavy atom. The lowest BCUT2D eigenvalue weighted by Crippen LogP contribution is -2.01. The minimum absolute atomic E-state index is 0.332. The SMILES string of the molecule is CCc1nn(C)cc1NCc1cc(F)cc(C#N)c1. The maximum absolute atomic E-state index is 13.3. The maximum atomic E-state index is 13.3. The summed E-state index contributed by atoms with van der Waals surface area (Å²) in [5.41, 5.74) is 2.98. The first-order chi connectivity index (χ1) is 9.12. The fourth-order valence-corrected chi connectivity index (χ4v) is 1.96. The second kappa shape index (κ2) is 5.53. The highest BCUT2D eigenvalue weighted by atomic mass is 19.1. The fraction of sp³-hybridized carbons (Fsp3) is 0.286. The van der Waals surface area contributed by atoms with Crippen molar-refractivity contribution in [1.29, 1.82) is 5.26 Å². The van der Waals surface area contributed by atoms with Crippen LogP contribution in [0.1, 0.15) is 23.7 Å². The monoisotopic (exact) mass is 258 g/mol. The van der Waals surface area contributed by atoms with Gasteiger partial charge in [0.1, 0.15) is 5.82 Å². The minimum atomic E-state index is -0.391. The van der Waals surface area contributed by atoms with Crippen molar-refractivity contribution in [2.75, 3.05) is 5.32 Å². The molecule has 2 rings (SSSR count). The molecule has 4 nitrogen and oxygen atoms in total. The van der Waals surface area contributed by atoms with Gasteiger partial charge in [0.15, 0.2) is 0 Å². The number of aromatic nitrogens is 2. The molecule has 1 aromatic carbocycles. The summed E-state index contributed by atoms with van der Waals surface area (Å²) in [6.07, 6.45) is 2.72. The van der Waals surface area contributed by atoms with Crippen molar-refractivity contribution in [3.05, 3.63) is 47.0 Å². The molecule has 0 aliphatic carbocycles. The molecule has 1 heterocycles. The van der Waals surface area contributed by atoms with Crippen molar-refractivity contribution in [2.45, 2.75) is 19.9 Å². The Kier molecular flexibility index (Phi) is 3.81. The van der Waals surface area contributed by atoms with Crippen LogP contribution in [0.3, 0.4) is 0 Å². The van der Waals surface area contributed by atoms with Crippen molar-refractivity contribution in [3.8, 4) is 6.07 Å². The third-order valence-corrected chi connectivity index (χ3v) is 2.81. The van der Waals surface area contributed by atoms with Gasteiger partial charge in [0.25, 0.3) is 0 Å². The molecule has 1 aromatic heterocycles. The third kappa shape index (κ3) is 3.10. The van der Waals surface area contributed by atoms with Gasteiger partial charge < -0.3 is 5.32 Å². The van der Waals surface area contributed by atoms with Crippen LogP contribution in [0.2, 0.25) is 0 Å². The number of rotatable bonds is 4. The summed E-state index contributed by atoms with van der Waals surface area (Å²) in [4.78, 5) is 0. The minimum Gasteiger partial charge on any atom is -0.378 e. The van der Waals surface area contributed by atoms with Crippen molar-refractivity contribution < 1.29 is 4.39 Å². The molecule has 0 fully saturated rings. The molecule has 0 aliphatic rings. The van der Waals surface area contributed by atoms with Gasteiger partial charge in [-0.1, -0.05) is 6.92 Å². The Morgan fingerprint density at radius 1 is 1.42 bits per heavy atom. The van der Waals surface area contributed by atoms with Crippen LogP contribution in [0.15, 0.2) is 24.4 Å². The van der Waals surface area contributed by atoms with Crippen molar-refractivity contribution >= 4 is 5.69 Å². The van der Waals surface area contributed by atoms with E-state index in [-0.39, 0.29) is 0 Å². The molecule has 5 heteroatoms. The van der Waals surface area contributed by atoms with Crippen molar-refractivity contribution in [1.82, 2.24) is 9.78 Å². The predicted octanol–water partition coefficient (Wildman–Crippen LogP) is 2.61. The van der Waals surface area contributed by atoms with E-state index in [0.29, 0.717) is 12.1 Å². The second-order valence-electron chi connectivity index (χ2n) is 4.33. The molecule has 0 bridgehead atoms. The average molecular weight is 258 g/mol. The van der Waals surface area contributed by atoms with Crippen LogP contribution in [0.5, 0.6) is 0 Å². The smallest absolute Gasteiger partial charge is 0.124 e. The van der Waals surface area contributed by atoms with E-state index < -0.39 is 5.82 Å². The van der Waals surface area contributed by atoms with Gasteiger partial charge in [0.2, 0.25) is 0 Å². The van der Waals surface area contributed by atoms with Crippen LogP contribution in [-0.4, -0.2) is 9.78 Å². The molecule has 0 unspecified atom stereocenters. The fourth-order valence-electron chi connectivity index (χ4n) is 1.96. The molecule has 0 saturated carbocycles. The van der Waals surface area contributed by atoms with Crippen LogP contribution >= 0.6 is 0 Å². The zero-order valence-electron chi connectivity index (χ0n) is 10.9. The average Bonchev–Trinajstić information content (AvgIpc) is 2.76. The van der Waals surface area contributed by atoms with Gasteiger partial charge in [0, 0.05) is 19.8 Å². The molecular formula is C14H15FN4. The summed E-state index contributed by atoms with van der Waals surface area (Å²) >= 11 is 0. The van der Waals surface area contributed by atoms with E-state index in [1.54, 1.807) is 10.7 Å². The lowest BCUT2D eigenvalue weighted by Gasteiger charge is -2.06. The molecule has 98 valence electrons. The standard InChI is InChI=1S/C14H15FN4/c1-3-13-14(9-19(2)18-13)17-8-11-4-10(7-16)5-12(15)6-11/h4-6,9,17H,3,8H2,1-2H3. The van der Waals surface area contributed by atoms with E-state index in [4.69, 9.17) is 5.26 Å². The van der Waals surface area contributed by atoms with Crippen LogP contribution in [0, 0.1) is 17.1 Å². The number of hydrogen-bond acceptors (Lipinski definition) is 3. The predicted molar refractivity (Wildman–Crippen MR) is 71.0 cm³/mol. The summed E-state index contributed by atoms with van der Waals surface area (Å²) in [5.74, 6) is -0.391. The highest BCUT2D eigenvalue weighted by molar-refractivity contribution is 5.47. The molecule has 0 spiro atoms. The zero-order chi connectivity index (χ0) is 13.8. The van der Waals surface area contributed by atoms with E-state index >= 15 is 0 Å². The van der Waals surface area contributed by atoms with Crippen molar-refractivity contribution in [3.63, 3.8) is 0 Å². The topological polar surface area (TPSA) is 53.6 Å². The Balaban J connectivity index is 2.14. The molecular weight excluding hydrogens is 243 g/mol. The number of halogens is 1. The first-order valence-corrected chi connectivity index (χ1v) is 6.08. The lowest BCUT2D eigenvalue weighted by atomic mass is 10.1. The summed E-state index contributed by atoms with van der Waals surface area (Å²) in [5, 5.41) is 16.3. The van der Waals surface area contributed by atoms with Gasteiger partial charge in [-0.25, -0.2) is 4.39 Å². The Labute approximate surface area is 111 Å². The summed E-state index contributed by atoms with van der Waals surface area (Å²) < 4.78 is 15.0. The van der Waals surface area contributed by atoms with Crippen LogP contribution in [0.4, 0.5) is 10.1 Å². The lowest BCUT2D eigenvalue weighted by molar-refractivity contribution is 0.625. The third-order valence-electron chi connectivity index (χ3n) is 2.81. The number of nitriles is 1. The van der Waals surface area contributed by atoms with E-state index in [1.165, 1.54) is 12.1 Å². The second-order valence-corrected chi connectivity index (χ2v) is 4.33.